The third-order valence-electron chi connectivity index (χ3n) is 6.07. The SMILES string of the molecule is Cc1cc(Oc2ccccc2)ccc1N(C(=O)CCl)[C@@H](C(=O)N1CCN[C@@H](C)C1)C1CC=CS1. The predicted octanol–water partition coefficient (Wildman–Crippen LogP) is 4.57. The molecule has 6 nitrogen and oxygen atoms in total. The van der Waals surface area contributed by atoms with E-state index < -0.39 is 6.04 Å². The van der Waals surface area contributed by atoms with Crippen molar-refractivity contribution < 1.29 is 14.3 Å². The van der Waals surface area contributed by atoms with E-state index in [1.165, 1.54) is 0 Å². The van der Waals surface area contributed by atoms with Crippen LogP contribution in [0.25, 0.3) is 0 Å². The van der Waals surface area contributed by atoms with Crippen LogP contribution in [0.5, 0.6) is 11.5 Å². The molecule has 1 unspecified atom stereocenters. The Bertz CT molecular complexity index is 1040. The van der Waals surface area contributed by atoms with Crippen molar-refractivity contribution in [2.75, 3.05) is 30.4 Å². The second-order valence-electron chi connectivity index (χ2n) is 8.63. The average Bonchev–Trinajstić information content (AvgIpc) is 3.37. The third-order valence-corrected chi connectivity index (χ3v) is 7.45. The average molecular weight is 500 g/mol. The number of hydrogen-bond acceptors (Lipinski definition) is 5. The van der Waals surface area contributed by atoms with Crippen molar-refractivity contribution in [2.24, 2.45) is 0 Å². The highest BCUT2D eigenvalue weighted by Crippen LogP contribution is 2.36. The van der Waals surface area contributed by atoms with Crippen molar-refractivity contribution in [1.29, 1.82) is 0 Å². The van der Waals surface area contributed by atoms with E-state index in [0.717, 1.165) is 24.3 Å². The van der Waals surface area contributed by atoms with Crippen molar-refractivity contribution in [2.45, 2.75) is 37.6 Å². The van der Waals surface area contributed by atoms with Gasteiger partial charge in [-0.1, -0.05) is 24.3 Å². The van der Waals surface area contributed by atoms with Crippen LogP contribution in [0.1, 0.15) is 18.9 Å². The number of thioether (sulfide) groups is 1. The van der Waals surface area contributed by atoms with Crippen LogP contribution in [0.2, 0.25) is 0 Å². The van der Waals surface area contributed by atoms with Gasteiger partial charge in [0.15, 0.2) is 0 Å². The van der Waals surface area contributed by atoms with Gasteiger partial charge in [0, 0.05) is 36.6 Å². The molecule has 0 bridgehead atoms. The number of benzene rings is 2. The van der Waals surface area contributed by atoms with Crippen LogP contribution in [-0.2, 0) is 9.59 Å². The molecule has 0 spiro atoms. The maximum Gasteiger partial charge on any atom is 0.247 e. The second-order valence-corrected chi connectivity index (χ2v) is 10.0. The Morgan fingerprint density at radius 1 is 1.24 bits per heavy atom. The first-order valence-corrected chi connectivity index (χ1v) is 13.0. The van der Waals surface area contributed by atoms with Gasteiger partial charge in [-0.25, -0.2) is 0 Å². The van der Waals surface area contributed by atoms with E-state index in [4.69, 9.17) is 16.3 Å². The van der Waals surface area contributed by atoms with Gasteiger partial charge in [0.05, 0.1) is 0 Å². The van der Waals surface area contributed by atoms with Gasteiger partial charge in [0.25, 0.3) is 0 Å². The van der Waals surface area contributed by atoms with E-state index in [1.54, 1.807) is 16.7 Å². The lowest BCUT2D eigenvalue weighted by Gasteiger charge is -2.40. The van der Waals surface area contributed by atoms with E-state index in [2.05, 4.69) is 18.3 Å². The Hall–Kier alpha value is -2.48. The van der Waals surface area contributed by atoms with Gasteiger partial charge in [-0.05, 0) is 61.6 Å². The summed E-state index contributed by atoms with van der Waals surface area (Å²) in [7, 11) is 0. The van der Waals surface area contributed by atoms with Crippen LogP contribution in [0.4, 0.5) is 5.69 Å². The largest absolute Gasteiger partial charge is 0.457 e. The van der Waals surface area contributed by atoms with Crippen molar-refractivity contribution in [3.63, 3.8) is 0 Å². The minimum Gasteiger partial charge on any atom is -0.457 e. The number of ether oxygens (including phenoxy) is 1. The molecule has 2 aliphatic rings. The molecule has 2 heterocycles. The first kappa shape index (κ1) is 24.6. The van der Waals surface area contributed by atoms with Crippen molar-refractivity contribution >= 4 is 40.9 Å². The molecular weight excluding hydrogens is 470 g/mol. The fourth-order valence-corrected chi connectivity index (χ4v) is 5.61. The maximum atomic E-state index is 13.9. The first-order valence-electron chi connectivity index (χ1n) is 11.5. The normalized spacial score (nSPS) is 20.7. The molecule has 3 atom stereocenters. The van der Waals surface area contributed by atoms with E-state index in [9.17, 15) is 9.59 Å². The summed E-state index contributed by atoms with van der Waals surface area (Å²) in [4.78, 5) is 30.6. The fourth-order valence-electron chi connectivity index (χ4n) is 4.45. The number of alkyl halides is 1. The number of para-hydroxylation sites is 1. The number of halogens is 1. The van der Waals surface area contributed by atoms with Crippen molar-refractivity contribution in [3.05, 3.63) is 65.6 Å². The fraction of sp³-hybridized carbons (Fsp3) is 0.385. The summed E-state index contributed by atoms with van der Waals surface area (Å²) < 4.78 is 5.97. The maximum absolute atomic E-state index is 13.9. The Kier molecular flexibility index (Phi) is 8.19. The summed E-state index contributed by atoms with van der Waals surface area (Å²) in [6.45, 7) is 5.97. The van der Waals surface area contributed by atoms with E-state index >= 15 is 0 Å². The molecule has 8 heteroatoms. The zero-order valence-corrected chi connectivity index (χ0v) is 21.0. The molecule has 2 aromatic carbocycles. The van der Waals surface area contributed by atoms with Crippen LogP contribution in [0.3, 0.4) is 0 Å². The first-order chi connectivity index (χ1) is 16.5. The molecule has 0 aliphatic carbocycles. The molecular formula is C26H30ClN3O3S. The predicted molar refractivity (Wildman–Crippen MR) is 139 cm³/mol. The Balaban J connectivity index is 1.67. The number of amides is 2. The van der Waals surface area contributed by atoms with Crippen molar-refractivity contribution in [3.8, 4) is 11.5 Å². The monoisotopic (exact) mass is 499 g/mol. The highest BCUT2D eigenvalue weighted by molar-refractivity contribution is 8.03. The van der Waals surface area contributed by atoms with Crippen LogP contribution >= 0.6 is 23.4 Å². The molecule has 1 fully saturated rings. The number of piperazine rings is 1. The number of rotatable bonds is 7. The number of anilines is 1. The summed E-state index contributed by atoms with van der Waals surface area (Å²) in [6.07, 6.45) is 2.78. The van der Waals surface area contributed by atoms with Gasteiger partial charge in [-0.3, -0.25) is 14.5 Å². The zero-order chi connectivity index (χ0) is 24.1. The Morgan fingerprint density at radius 3 is 2.68 bits per heavy atom. The van der Waals surface area contributed by atoms with Gasteiger partial charge in [0.1, 0.15) is 23.4 Å². The molecule has 1 saturated heterocycles. The molecule has 0 aromatic heterocycles. The molecule has 2 amide bonds. The molecule has 2 aliphatic heterocycles. The van der Waals surface area contributed by atoms with Crippen LogP contribution in [-0.4, -0.2) is 59.6 Å². The number of carbonyl (C=O) groups excluding carboxylic acids is 2. The van der Waals surface area contributed by atoms with Crippen LogP contribution in [0, 0.1) is 6.92 Å². The lowest BCUT2D eigenvalue weighted by molar-refractivity contribution is -0.135. The minimum atomic E-state index is -0.642. The quantitative estimate of drug-likeness (QED) is 0.565. The summed E-state index contributed by atoms with van der Waals surface area (Å²) in [6, 6.07) is 14.7. The molecule has 2 aromatic rings. The Morgan fingerprint density at radius 2 is 2.03 bits per heavy atom. The molecule has 4 rings (SSSR count). The number of nitrogens with zero attached hydrogens (tertiary/aromatic N) is 2. The zero-order valence-electron chi connectivity index (χ0n) is 19.4. The van der Waals surface area contributed by atoms with Gasteiger partial charge < -0.3 is 15.0 Å². The van der Waals surface area contributed by atoms with Gasteiger partial charge in [-0.15, -0.1) is 23.4 Å². The smallest absolute Gasteiger partial charge is 0.247 e. The van der Waals surface area contributed by atoms with Crippen molar-refractivity contribution in [1.82, 2.24) is 10.2 Å². The number of hydrogen-bond donors (Lipinski definition) is 1. The third kappa shape index (κ3) is 5.59. The summed E-state index contributed by atoms with van der Waals surface area (Å²) >= 11 is 7.68. The topological polar surface area (TPSA) is 61.9 Å². The van der Waals surface area contributed by atoms with Gasteiger partial charge >= 0.3 is 0 Å². The number of carbonyl (C=O) groups is 2. The summed E-state index contributed by atoms with van der Waals surface area (Å²) in [5.74, 6) is 0.889. The molecule has 180 valence electrons. The highest BCUT2D eigenvalue weighted by atomic mass is 35.5. The minimum absolute atomic E-state index is 0.0305. The second kappa shape index (κ2) is 11.3. The molecule has 0 saturated carbocycles. The number of allylic oxidation sites excluding steroid dienone is 1. The number of nitrogens with one attached hydrogen (secondary N) is 1. The standard InChI is InChI=1S/C26H30ClN3O3S/c1-18-15-21(33-20-7-4-3-5-8-20)10-11-22(18)30(24(31)16-27)25(23-9-6-14-34-23)26(32)29-13-12-28-19(2)17-29/h3-8,10-11,14-15,19,23,25,28H,9,12-13,16-17H2,1-2H3/t19-,23?,25+/m0/s1. The highest BCUT2D eigenvalue weighted by Gasteiger charge is 2.41. The molecule has 34 heavy (non-hydrogen) atoms. The van der Waals surface area contributed by atoms with Gasteiger partial charge in [0.2, 0.25) is 11.8 Å². The summed E-state index contributed by atoms with van der Waals surface area (Å²) in [5.41, 5.74) is 1.52. The summed E-state index contributed by atoms with van der Waals surface area (Å²) in [5, 5.41) is 5.33. The van der Waals surface area contributed by atoms with Crippen LogP contribution in [0.15, 0.2) is 60.0 Å². The molecule has 0 radical (unpaired) electrons. The van der Waals surface area contributed by atoms with E-state index in [-0.39, 0.29) is 29.0 Å². The lowest BCUT2D eigenvalue weighted by Crippen LogP contribution is -2.60. The van der Waals surface area contributed by atoms with E-state index in [0.29, 0.717) is 24.5 Å². The lowest BCUT2D eigenvalue weighted by atomic mass is 10.0. The van der Waals surface area contributed by atoms with Gasteiger partial charge in [-0.2, -0.15) is 0 Å². The number of aryl methyl sites for hydroxylation is 1. The van der Waals surface area contributed by atoms with E-state index in [1.807, 2.05) is 65.8 Å². The van der Waals surface area contributed by atoms with Crippen LogP contribution < -0.4 is 15.0 Å². The molecule has 1 N–H and O–H groups in total. The Labute approximate surface area is 210 Å².